The number of unbranched alkanes of at least 4 members (excludes halogenated alkanes) is 23. The first-order valence-corrected chi connectivity index (χ1v) is 20.2. The average molecular weight is 666 g/mol. The lowest BCUT2D eigenvalue weighted by molar-refractivity contribution is -0.132. The fourth-order valence-electron chi connectivity index (χ4n) is 6.12. The van der Waals surface area contributed by atoms with Crippen molar-refractivity contribution in [1.29, 1.82) is 0 Å². The molecule has 6 nitrogen and oxygen atoms in total. The van der Waals surface area contributed by atoms with Crippen molar-refractivity contribution in [3.8, 4) is 0 Å². The normalized spacial score (nSPS) is 14.6. The van der Waals surface area contributed by atoms with E-state index < -0.39 is 36.9 Å². The number of carbonyl (C=O) groups excluding carboxylic acids is 1. The van der Waals surface area contributed by atoms with Crippen molar-refractivity contribution in [2.24, 2.45) is 0 Å². The monoisotopic (exact) mass is 666 g/mol. The SMILES string of the molecule is CCCCCCCCCCCC/C=C/CC/C=C/CCCC(O)C(O)C(CO)NC(=O)C(O)CCCCCCCCCCCCCC. The molecule has 4 unspecified atom stereocenters. The summed E-state index contributed by atoms with van der Waals surface area (Å²) in [6, 6.07) is -1.00. The van der Waals surface area contributed by atoms with E-state index in [0.717, 1.165) is 38.5 Å². The van der Waals surface area contributed by atoms with Crippen LogP contribution in [0.4, 0.5) is 0 Å². The van der Waals surface area contributed by atoms with E-state index in [0.29, 0.717) is 19.3 Å². The first kappa shape index (κ1) is 45.8. The molecule has 0 radical (unpaired) electrons. The molecule has 5 N–H and O–H groups in total. The van der Waals surface area contributed by atoms with Gasteiger partial charge in [0.05, 0.1) is 18.8 Å². The Morgan fingerprint density at radius 2 is 0.894 bits per heavy atom. The van der Waals surface area contributed by atoms with Crippen LogP contribution in [0.5, 0.6) is 0 Å². The summed E-state index contributed by atoms with van der Waals surface area (Å²) in [5.41, 5.74) is 0. The van der Waals surface area contributed by atoms with Crippen LogP contribution in [0.15, 0.2) is 24.3 Å². The quantitative estimate of drug-likeness (QED) is 0.0338. The largest absolute Gasteiger partial charge is 0.394 e. The molecule has 0 bridgehead atoms. The van der Waals surface area contributed by atoms with Gasteiger partial charge in [-0.2, -0.15) is 0 Å². The van der Waals surface area contributed by atoms with Crippen LogP contribution in [-0.4, -0.2) is 57.3 Å². The minimum Gasteiger partial charge on any atom is -0.394 e. The molecular formula is C41H79NO5. The van der Waals surface area contributed by atoms with E-state index in [4.69, 9.17) is 0 Å². The Balaban J connectivity index is 3.84. The summed E-state index contributed by atoms with van der Waals surface area (Å²) in [4.78, 5) is 12.4. The van der Waals surface area contributed by atoms with Gasteiger partial charge in [-0.1, -0.05) is 173 Å². The van der Waals surface area contributed by atoms with Gasteiger partial charge in [0.2, 0.25) is 5.91 Å². The molecule has 0 aromatic heterocycles. The molecule has 278 valence electrons. The highest BCUT2D eigenvalue weighted by Crippen LogP contribution is 2.15. The van der Waals surface area contributed by atoms with Gasteiger partial charge >= 0.3 is 0 Å². The van der Waals surface area contributed by atoms with Gasteiger partial charge < -0.3 is 25.7 Å². The highest BCUT2D eigenvalue weighted by atomic mass is 16.3. The molecule has 0 aliphatic carbocycles. The van der Waals surface area contributed by atoms with Crippen molar-refractivity contribution in [3.63, 3.8) is 0 Å². The lowest BCUT2D eigenvalue weighted by Gasteiger charge is -2.27. The third kappa shape index (κ3) is 30.6. The predicted octanol–water partition coefficient (Wildman–Crippen LogP) is 10.0. The summed E-state index contributed by atoms with van der Waals surface area (Å²) < 4.78 is 0. The molecule has 0 aliphatic rings. The Morgan fingerprint density at radius 3 is 1.34 bits per heavy atom. The molecule has 1 amide bonds. The number of hydrogen-bond donors (Lipinski definition) is 5. The molecule has 47 heavy (non-hydrogen) atoms. The lowest BCUT2D eigenvalue weighted by Crippen LogP contribution is -2.53. The van der Waals surface area contributed by atoms with Gasteiger partial charge in [0, 0.05) is 0 Å². The van der Waals surface area contributed by atoms with Gasteiger partial charge in [-0.25, -0.2) is 0 Å². The topological polar surface area (TPSA) is 110 Å². The third-order valence-corrected chi connectivity index (χ3v) is 9.39. The van der Waals surface area contributed by atoms with Crippen molar-refractivity contribution in [2.75, 3.05) is 6.61 Å². The summed E-state index contributed by atoms with van der Waals surface area (Å²) in [6.07, 6.45) is 39.2. The smallest absolute Gasteiger partial charge is 0.249 e. The van der Waals surface area contributed by atoms with Crippen LogP contribution in [0.1, 0.15) is 200 Å². The molecule has 4 atom stereocenters. The molecule has 0 aromatic carbocycles. The molecule has 0 fully saturated rings. The van der Waals surface area contributed by atoms with Crippen molar-refractivity contribution < 1.29 is 25.2 Å². The number of allylic oxidation sites excluding steroid dienone is 4. The van der Waals surface area contributed by atoms with E-state index in [1.54, 1.807) is 0 Å². The van der Waals surface area contributed by atoms with E-state index in [1.165, 1.54) is 128 Å². The van der Waals surface area contributed by atoms with Crippen molar-refractivity contribution >= 4 is 5.91 Å². The Hall–Kier alpha value is -1.21. The molecule has 0 aliphatic heterocycles. The van der Waals surface area contributed by atoms with E-state index in [2.05, 4.69) is 43.5 Å². The molecular weight excluding hydrogens is 586 g/mol. The maximum Gasteiger partial charge on any atom is 0.249 e. The summed E-state index contributed by atoms with van der Waals surface area (Å²) in [5.74, 6) is -0.598. The highest BCUT2D eigenvalue weighted by Gasteiger charge is 2.28. The van der Waals surface area contributed by atoms with Crippen LogP contribution in [0.2, 0.25) is 0 Å². The van der Waals surface area contributed by atoms with Gasteiger partial charge in [0.15, 0.2) is 0 Å². The van der Waals surface area contributed by atoms with Crippen LogP contribution in [-0.2, 0) is 4.79 Å². The first-order chi connectivity index (χ1) is 23.0. The van der Waals surface area contributed by atoms with Crippen LogP contribution in [0, 0.1) is 0 Å². The number of nitrogens with one attached hydrogen (secondary N) is 1. The van der Waals surface area contributed by atoms with Crippen molar-refractivity contribution in [2.45, 2.75) is 224 Å². The Kier molecular flexibility index (Phi) is 35.2. The molecule has 0 aromatic rings. The number of aliphatic hydroxyl groups excluding tert-OH is 4. The molecule has 0 spiro atoms. The first-order valence-electron chi connectivity index (χ1n) is 20.2. The van der Waals surface area contributed by atoms with E-state index in [-0.39, 0.29) is 0 Å². The zero-order chi connectivity index (χ0) is 34.6. The Bertz CT molecular complexity index is 712. The molecule has 0 saturated carbocycles. The summed E-state index contributed by atoms with van der Waals surface area (Å²) in [5, 5.41) is 43.5. The van der Waals surface area contributed by atoms with E-state index in [9.17, 15) is 25.2 Å². The molecule has 0 heterocycles. The second kappa shape index (κ2) is 36.1. The standard InChI is InChI=1S/C41H79NO5/c1-3-5-7-9-11-13-15-17-18-19-20-21-22-23-25-26-28-30-32-34-38(44)40(46)37(36-43)42-41(47)39(45)35-33-31-29-27-24-16-14-12-10-8-6-4-2/h21-22,26,28,37-40,43-46H,3-20,23-25,27,29-36H2,1-2H3,(H,42,47)/b22-21+,28-26+. The molecule has 6 heteroatoms. The minimum atomic E-state index is -1.28. The fourth-order valence-corrected chi connectivity index (χ4v) is 6.12. The summed E-state index contributed by atoms with van der Waals surface area (Å²) in [7, 11) is 0. The van der Waals surface area contributed by atoms with Crippen LogP contribution >= 0.6 is 0 Å². The predicted molar refractivity (Wildman–Crippen MR) is 201 cm³/mol. The second-order valence-electron chi connectivity index (χ2n) is 14.0. The van der Waals surface area contributed by atoms with Gasteiger partial charge in [-0.05, 0) is 51.4 Å². The maximum absolute atomic E-state index is 12.4. The lowest BCUT2D eigenvalue weighted by atomic mass is 10.00. The second-order valence-corrected chi connectivity index (χ2v) is 14.0. The zero-order valence-electron chi connectivity index (χ0n) is 31.0. The Morgan fingerprint density at radius 1 is 0.511 bits per heavy atom. The van der Waals surface area contributed by atoms with Gasteiger partial charge in [0.25, 0.3) is 0 Å². The van der Waals surface area contributed by atoms with Crippen LogP contribution in [0.25, 0.3) is 0 Å². The van der Waals surface area contributed by atoms with Crippen LogP contribution in [0.3, 0.4) is 0 Å². The average Bonchev–Trinajstić information content (AvgIpc) is 3.07. The van der Waals surface area contributed by atoms with Crippen molar-refractivity contribution in [3.05, 3.63) is 24.3 Å². The molecule has 0 saturated heterocycles. The zero-order valence-corrected chi connectivity index (χ0v) is 31.0. The number of rotatable bonds is 36. The number of amides is 1. The summed E-state index contributed by atoms with van der Waals surface area (Å²) in [6.45, 7) is 4.02. The van der Waals surface area contributed by atoms with Gasteiger partial charge in [-0.3, -0.25) is 4.79 Å². The van der Waals surface area contributed by atoms with Gasteiger partial charge in [0.1, 0.15) is 12.2 Å². The number of aliphatic hydroxyl groups is 4. The third-order valence-electron chi connectivity index (χ3n) is 9.39. The minimum absolute atomic E-state index is 0.363. The summed E-state index contributed by atoms with van der Waals surface area (Å²) >= 11 is 0. The van der Waals surface area contributed by atoms with Crippen molar-refractivity contribution in [1.82, 2.24) is 5.32 Å². The molecule has 0 rings (SSSR count). The number of hydrogen-bond acceptors (Lipinski definition) is 5. The Labute approximate surface area is 291 Å². The van der Waals surface area contributed by atoms with Gasteiger partial charge in [-0.15, -0.1) is 0 Å². The van der Waals surface area contributed by atoms with Crippen LogP contribution < -0.4 is 5.32 Å². The van der Waals surface area contributed by atoms with E-state index >= 15 is 0 Å². The number of carbonyl (C=O) groups is 1. The highest BCUT2D eigenvalue weighted by molar-refractivity contribution is 5.80. The van der Waals surface area contributed by atoms with E-state index in [1.807, 2.05) is 0 Å². The maximum atomic E-state index is 12.4. The fraction of sp³-hybridized carbons (Fsp3) is 0.878.